The molecule has 1 aromatic heterocycles. The summed E-state index contributed by atoms with van der Waals surface area (Å²) in [7, 11) is -3.51. The van der Waals surface area contributed by atoms with Crippen molar-refractivity contribution < 1.29 is 12.8 Å². The molecule has 114 valence electrons. The molecule has 7 heteroatoms. The highest BCUT2D eigenvalue weighted by molar-refractivity contribution is 7.89. The SMILES string of the molecule is CCNS(=O)(=O)c1ccc(N)c(NC(C)c2ccco2)c1. The number of sulfonamides is 1. The standard InChI is InChI=1S/C14H19N3O3S/c1-3-16-21(18,19)11-6-7-12(15)13(9-11)17-10(2)14-5-4-8-20-14/h4-10,16-17H,3,15H2,1-2H3. The van der Waals surface area contributed by atoms with Crippen molar-refractivity contribution in [3.8, 4) is 0 Å². The zero-order valence-corrected chi connectivity index (χ0v) is 12.8. The van der Waals surface area contributed by atoms with E-state index in [0.717, 1.165) is 5.76 Å². The lowest BCUT2D eigenvalue weighted by Crippen LogP contribution is -2.23. The maximum Gasteiger partial charge on any atom is 0.240 e. The molecule has 6 nitrogen and oxygen atoms in total. The third kappa shape index (κ3) is 3.56. The Morgan fingerprint density at radius 2 is 2.10 bits per heavy atom. The smallest absolute Gasteiger partial charge is 0.240 e. The minimum Gasteiger partial charge on any atom is -0.467 e. The van der Waals surface area contributed by atoms with Gasteiger partial charge in [0, 0.05) is 6.54 Å². The van der Waals surface area contributed by atoms with Gasteiger partial charge in [0.1, 0.15) is 5.76 Å². The number of rotatable bonds is 6. The molecule has 1 heterocycles. The van der Waals surface area contributed by atoms with Gasteiger partial charge in [-0.05, 0) is 37.3 Å². The third-order valence-electron chi connectivity index (χ3n) is 3.01. The summed E-state index contributed by atoms with van der Waals surface area (Å²) in [6.07, 6.45) is 1.59. The van der Waals surface area contributed by atoms with E-state index < -0.39 is 10.0 Å². The van der Waals surface area contributed by atoms with Crippen LogP contribution in [0.5, 0.6) is 0 Å². The summed E-state index contributed by atoms with van der Waals surface area (Å²) >= 11 is 0. The van der Waals surface area contributed by atoms with Crippen LogP contribution in [-0.4, -0.2) is 15.0 Å². The van der Waals surface area contributed by atoms with Crippen LogP contribution in [0.2, 0.25) is 0 Å². The summed E-state index contributed by atoms with van der Waals surface area (Å²) in [6, 6.07) is 8.08. The molecule has 0 aliphatic carbocycles. The highest BCUT2D eigenvalue weighted by atomic mass is 32.2. The molecule has 1 atom stereocenters. The molecular weight excluding hydrogens is 290 g/mol. The van der Waals surface area contributed by atoms with Crippen LogP contribution >= 0.6 is 0 Å². The summed E-state index contributed by atoms with van der Waals surface area (Å²) in [4.78, 5) is 0.174. The van der Waals surface area contributed by atoms with E-state index in [9.17, 15) is 8.42 Å². The zero-order valence-electron chi connectivity index (χ0n) is 12.0. The van der Waals surface area contributed by atoms with E-state index in [2.05, 4.69) is 10.0 Å². The molecule has 2 rings (SSSR count). The molecule has 0 aliphatic heterocycles. The first-order chi connectivity index (χ1) is 9.94. The Kier molecular flexibility index (Phi) is 4.54. The summed E-state index contributed by atoms with van der Waals surface area (Å²) < 4.78 is 31.8. The molecule has 1 unspecified atom stereocenters. The molecule has 0 bridgehead atoms. The fourth-order valence-electron chi connectivity index (χ4n) is 1.94. The Labute approximate surface area is 124 Å². The van der Waals surface area contributed by atoms with Crippen molar-refractivity contribution in [2.75, 3.05) is 17.6 Å². The molecule has 0 saturated carbocycles. The number of anilines is 2. The maximum absolute atomic E-state index is 12.0. The van der Waals surface area contributed by atoms with Gasteiger partial charge in [0.25, 0.3) is 0 Å². The van der Waals surface area contributed by atoms with Gasteiger partial charge in [-0.2, -0.15) is 0 Å². The first-order valence-electron chi connectivity index (χ1n) is 6.63. The van der Waals surface area contributed by atoms with Crippen LogP contribution in [0.15, 0.2) is 45.9 Å². The van der Waals surface area contributed by atoms with E-state index >= 15 is 0 Å². The Morgan fingerprint density at radius 1 is 1.33 bits per heavy atom. The van der Waals surface area contributed by atoms with E-state index in [1.807, 2.05) is 13.0 Å². The second-order valence-electron chi connectivity index (χ2n) is 4.63. The van der Waals surface area contributed by atoms with Crippen LogP contribution < -0.4 is 15.8 Å². The van der Waals surface area contributed by atoms with Crippen LogP contribution in [0.25, 0.3) is 0 Å². The summed E-state index contributed by atoms with van der Waals surface area (Å²) in [6.45, 7) is 3.97. The number of nitrogen functional groups attached to an aromatic ring is 1. The third-order valence-corrected chi connectivity index (χ3v) is 4.55. The topological polar surface area (TPSA) is 97.4 Å². The highest BCUT2D eigenvalue weighted by Gasteiger charge is 2.16. The fraction of sp³-hybridized carbons (Fsp3) is 0.286. The quantitative estimate of drug-likeness (QED) is 0.712. The van der Waals surface area contributed by atoms with Gasteiger partial charge in [-0.3, -0.25) is 0 Å². The van der Waals surface area contributed by atoms with Crippen LogP contribution in [0, 0.1) is 0 Å². The van der Waals surface area contributed by atoms with Crippen molar-refractivity contribution in [1.82, 2.24) is 4.72 Å². The number of hydrogen-bond acceptors (Lipinski definition) is 5. The molecule has 4 N–H and O–H groups in total. The molecule has 21 heavy (non-hydrogen) atoms. The van der Waals surface area contributed by atoms with Gasteiger partial charge in [-0.25, -0.2) is 13.1 Å². The van der Waals surface area contributed by atoms with Gasteiger partial charge in [0.2, 0.25) is 10.0 Å². The molecule has 1 aromatic carbocycles. The second kappa shape index (κ2) is 6.19. The molecule has 0 spiro atoms. The molecule has 0 fully saturated rings. The second-order valence-corrected chi connectivity index (χ2v) is 6.40. The molecule has 2 aromatic rings. The Hall–Kier alpha value is -1.99. The van der Waals surface area contributed by atoms with E-state index in [0.29, 0.717) is 17.9 Å². The summed E-state index contributed by atoms with van der Waals surface area (Å²) in [5.41, 5.74) is 6.93. The lowest BCUT2D eigenvalue weighted by atomic mass is 10.2. The number of furan rings is 1. The Bertz CT molecular complexity index is 696. The molecular formula is C14H19N3O3S. The van der Waals surface area contributed by atoms with E-state index in [1.165, 1.54) is 12.1 Å². The largest absolute Gasteiger partial charge is 0.467 e. The van der Waals surface area contributed by atoms with Crippen molar-refractivity contribution in [2.45, 2.75) is 24.8 Å². The van der Waals surface area contributed by atoms with Crippen LogP contribution in [-0.2, 0) is 10.0 Å². The van der Waals surface area contributed by atoms with Crippen LogP contribution in [0.4, 0.5) is 11.4 Å². The van der Waals surface area contributed by atoms with Crippen molar-refractivity contribution >= 4 is 21.4 Å². The predicted molar refractivity (Wildman–Crippen MR) is 82.5 cm³/mol. The number of nitrogens with two attached hydrogens (primary N) is 1. The number of hydrogen-bond donors (Lipinski definition) is 3. The monoisotopic (exact) mass is 309 g/mol. The first-order valence-corrected chi connectivity index (χ1v) is 8.11. The van der Waals surface area contributed by atoms with Crippen molar-refractivity contribution in [3.05, 3.63) is 42.4 Å². The lowest BCUT2D eigenvalue weighted by Gasteiger charge is -2.16. The zero-order chi connectivity index (χ0) is 15.5. The Morgan fingerprint density at radius 3 is 2.71 bits per heavy atom. The van der Waals surface area contributed by atoms with Gasteiger partial charge < -0.3 is 15.5 Å². The van der Waals surface area contributed by atoms with Crippen molar-refractivity contribution in [3.63, 3.8) is 0 Å². The van der Waals surface area contributed by atoms with Gasteiger partial charge in [0.05, 0.1) is 28.6 Å². The highest BCUT2D eigenvalue weighted by Crippen LogP contribution is 2.27. The Balaban J connectivity index is 2.28. The molecule has 0 amide bonds. The first kappa shape index (κ1) is 15.4. The lowest BCUT2D eigenvalue weighted by molar-refractivity contribution is 0.490. The summed E-state index contributed by atoms with van der Waals surface area (Å²) in [5.74, 6) is 0.745. The van der Waals surface area contributed by atoms with Crippen molar-refractivity contribution in [1.29, 1.82) is 0 Å². The average Bonchev–Trinajstić information content (AvgIpc) is 2.95. The average molecular weight is 309 g/mol. The van der Waals surface area contributed by atoms with E-state index in [1.54, 1.807) is 25.3 Å². The minimum atomic E-state index is -3.51. The minimum absolute atomic E-state index is 0.126. The van der Waals surface area contributed by atoms with Gasteiger partial charge in [-0.1, -0.05) is 6.92 Å². The molecule has 0 aliphatic rings. The molecule has 0 radical (unpaired) electrons. The fourth-order valence-corrected chi connectivity index (χ4v) is 3.01. The number of benzene rings is 1. The van der Waals surface area contributed by atoms with Crippen molar-refractivity contribution in [2.24, 2.45) is 0 Å². The predicted octanol–water partition coefficient (Wildman–Crippen LogP) is 2.33. The van der Waals surface area contributed by atoms with Gasteiger partial charge >= 0.3 is 0 Å². The van der Waals surface area contributed by atoms with E-state index in [-0.39, 0.29) is 10.9 Å². The van der Waals surface area contributed by atoms with E-state index in [4.69, 9.17) is 10.2 Å². The maximum atomic E-state index is 12.0. The number of nitrogens with one attached hydrogen (secondary N) is 2. The molecule has 0 saturated heterocycles. The van der Waals surface area contributed by atoms with Crippen LogP contribution in [0.1, 0.15) is 25.6 Å². The normalized spacial score (nSPS) is 13.0. The van der Waals surface area contributed by atoms with Gasteiger partial charge in [-0.15, -0.1) is 0 Å². The summed E-state index contributed by atoms with van der Waals surface area (Å²) in [5, 5.41) is 3.16. The van der Waals surface area contributed by atoms with Gasteiger partial charge in [0.15, 0.2) is 0 Å². The van der Waals surface area contributed by atoms with Crippen LogP contribution in [0.3, 0.4) is 0 Å².